The van der Waals surface area contributed by atoms with Crippen LogP contribution in [0.3, 0.4) is 0 Å². The Morgan fingerprint density at radius 2 is 2.35 bits per heavy atom. The molecular weight excluding hydrogens is 272 g/mol. The van der Waals surface area contributed by atoms with E-state index in [2.05, 4.69) is 27.7 Å². The smallest absolute Gasteiger partial charge is 0.152 e. The first-order valence-corrected chi connectivity index (χ1v) is 6.87. The third kappa shape index (κ3) is 2.27. The summed E-state index contributed by atoms with van der Waals surface area (Å²) in [4.78, 5) is 8.51. The Labute approximate surface area is 122 Å². The maximum absolute atomic E-state index is 6.09. The summed E-state index contributed by atoms with van der Waals surface area (Å²) in [6.45, 7) is 3.75. The standard InChI is InChI=1S/C15H15ClN4/c1-3-20-15(17-2)13(8-14(16)19-20)12-7-11(12)10-5-4-6-18-9-10/h3-6,8-9,11-12H,1,7H2,2H3/t11-,12?/m1/s1. The van der Waals surface area contributed by atoms with E-state index in [0.29, 0.717) is 17.0 Å². The molecule has 102 valence electrons. The molecule has 0 radical (unpaired) electrons. The number of aromatic nitrogens is 3. The number of nitrogens with zero attached hydrogens (tertiary/aromatic N) is 4. The molecule has 5 heteroatoms. The molecule has 0 N–H and O–H groups in total. The summed E-state index contributed by atoms with van der Waals surface area (Å²) in [5, 5.41) is 4.65. The largest absolute Gasteiger partial charge is 0.270 e. The van der Waals surface area contributed by atoms with Gasteiger partial charge in [0.2, 0.25) is 0 Å². The molecule has 2 aromatic heterocycles. The Balaban J connectivity index is 2.01. The van der Waals surface area contributed by atoms with Crippen LogP contribution >= 0.6 is 11.6 Å². The van der Waals surface area contributed by atoms with Crippen molar-refractivity contribution in [1.82, 2.24) is 14.8 Å². The SMILES string of the molecule is C=Cn1nc(Cl)cc(C2C[C@@H]2c2cccnc2)c1=NC. The van der Waals surface area contributed by atoms with Crippen molar-refractivity contribution in [3.8, 4) is 0 Å². The molecule has 1 saturated carbocycles. The van der Waals surface area contributed by atoms with Gasteiger partial charge in [-0.15, -0.1) is 0 Å². The predicted octanol–water partition coefficient (Wildman–Crippen LogP) is 2.83. The molecule has 2 heterocycles. The molecule has 2 atom stereocenters. The summed E-state index contributed by atoms with van der Waals surface area (Å²) >= 11 is 6.09. The van der Waals surface area contributed by atoms with E-state index in [-0.39, 0.29) is 0 Å². The minimum absolute atomic E-state index is 0.421. The van der Waals surface area contributed by atoms with Crippen molar-refractivity contribution in [2.24, 2.45) is 4.99 Å². The Bertz CT molecular complexity index is 706. The molecular formula is C15H15ClN4. The van der Waals surface area contributed by atoms with Crippen molar-refractivity contribution < 1.29 is 0 Å². The first kappa shape index (κ1) is 13.1. The van der Waals surface area contributed by atoms with E-state index >= 15 is 0 Å². The maximum atomic E-state index is 6.09. The number of hydrogen-bond donors (Lipinski definition) is 0. The number of rotatable bonds is 3. The third-order valence-electron chi connectivity index (χ3n) is 3.64. The summed E-state index contributed by atoms with van der Waals surface area (Å²) in [5.41, 5.74) is 3.21. The van der Waals surface area contributed by atoms with Gasteiger partial charge < -0.3 is 0 Å². The molecule has 1 aliphatic rings. The lowest BCUT2D eigenvalue weighted by Crippen LogP contribution is -2.23. The topological polar surface area (TPSA) is 43.1 Å². The number of pyridine rings is 1. The molecule has 1 aliphatic carbocycles. The average Bonchev–Trinajstić information content (AvgIpc) is 3.27. The van der Waals surface area contributed by atoms with Crippen LogP contribution in [0.4, 0.5) is 0 Å². The zero-order valence-corrected chi connectivity index (χ0v) is 12.0. The lowest BCUT2D eigenvalue weighted by atomic mass is 10.1. The fourth-order valence-corrected chi connectivity index (χ4v) is 2.84. The van der Waals surface area contributed by atoms with Crippen LogP contribution < -0.4 is 5.49 Å². The third-order valence-corrected chi connectivity index (χ3v) is 3.82. The van der Waals surface area contributed by atoms with Crippen LogP contribution in [-0.4, -0.2) is 21.8 Å². The van der Waals surface area contributed by atoms with Gasteiger partial charge in [-0.2, -0.15) is 5.10 Å². The quantitative estimate of drug-likeness (QED) is 0.871. The number of halogens is 1. The summed E-state index contributed by atoms with van der Waals surface area (Å²) < 4.78 is 1.64. The zero-order chi connectivity index (χ0) is 14.1. The summed E-state index contributed by atoms with van der Waals surface area (Å²) in [6, 6.07) is 6.00. The van der Waals surface area contributed by atoms with E-state index in [1.165, 1.54) is 5.56 Å². The van der Waals surface area contributed by atoms with E-state index < -0.39 is 0 Å². The second kappa shape index (κ2) is 5.21. The first-order chi connectivity index (χ1) is 9.74. The molecule has 1 unspecified atom stereocenters. The van der Waals surface area contributed by atoms with Gasteiger partial charge in [0.05, 0.1) is 0 Å². The highest BCUT2D eigenvalue weighted by Crippen LogP contribution is 2.53. The minimum Gasteiger partial charge on any atom is -0.270 e. The predicted molar refractivity (Wildman–Crippen MR) is 79.4 cm³/mol. The van der Waals surface area contributed by atoms with Gasteiger partial charge in [0.15, 0.2) is 5.49 Å². The summed E-state index contributed by atoms with van der Waals surface area (Å²) in [6.07, 6.45) is 6.44. The normalized spacial score (nSPS) is 21.8. The zero-order valence-electron chi connectivity index (χ0n) is 11.2. The van der Waals surface area contributed by atoms with E-state index in [1.807, 2.05) is 18.3 Å². The van der Waals surface area contributed by atoms with Crippen LogP contribution in [0, 0.1) is 0 Å². The second-order valence-electron chi connectivity index (χ2n) is 4.83. The van der Waals surface area contributed by atoms with Crippen molar-refractivity contribution in [2.75, 3.05) is 7.05 Å². The molecule has 3 rings (SSSR count). The van der Waals surface area contributed by atoms with Gasteiger partial charge in [0.1, 0.15) is 5.15 Å². The molecule has 0 saturated heterocycles. The van der Waals surface area contributed by atoms with Gasteiger partial charge in [-0.05, 0) is 36.0 Å². The monoisotopic (exact) mass is 286 g/mol. The number of hydrogen-bond acceptors (Lipinski definition) is 3. The van der Waals surface area contributed by atoms with Crippen molar-refractivity contribution >= 4 is 17.8 Å². The highest BCUT2D eigenvalue weighted by Gasteiger charge is 2.41. The van der Waals surface area contributed by atoms with Crippen LogP contribution in [0.1, 0.15) is 29.4 Å². The molecule has 0 aromatic carbocycles. The van der Waals surface area contributed by atoms with Crippen LogP contribution in [0.15, 0.2) is 42.2 Å². The van der Waals surface area contributed by atoms with Crippen molar-refractivity contribution in [3.05, 3.63) is 58.9 Å². The minimum atomic E-state index is 0.421. The van der Waals surface area contributed by atoms with Crippen molar-refractivity contribution in [3.63, 3.8) is 0 Å². The second-order valence-corrected chi connectivity index (χ2v) is 5.22. The lowest BCUT2D eigenvalue weighted by Gasteiger charge is -2.07. The van der Waals surface area contributed by atoms with Crippen LogP contribution in [0.2, 0.25) is 5.15 Å². The molecule has 2 aromatic rings. The highest BCUT2D eigenvalue weighted by molar-refractivity contribution is 6.29. The Morgan fingerprint density at radius 3 is 3.00 bits per heavy atom. The summed E-state index contributed by atoms with van der Waals surface area (Å²) in [5.74, 6) is 0.908. The van der Waals surface area contributed by atoms with Gasteiger partial charge in [-0.25, -0.2) is 4.68 Å². The van der Waals surface area contributed by atoms with Gasteiger partial charge in [0, 0.05) is 31.2 Å². The van der Waals surface area contributed by atoms with Crippen LogP contribution in [0.5, 0.6) is 0 Å². The molecule has 0 bridgehead atoms. The Morgan fingerprint density at radius 1 is 1.50 bits per heavy atom. The summed E-state index contributed by atoms with van der Waals surface area (Å²) in [7, 11) is 1.76. The van der Waals surface area contributed by atoms with E-state index in [4.69, 9.17) is 11.6 Å². The first-order valence-electron chi connectivity index (χ1n) is 6.49. The molecule has 0 amide bonds. The average molecular weight is 287 g/mol. The van der Waals surface area contributed by atoms with Gasteiger partial charge >= 0.3 is 0 Å². The lowest BCUT2D eigenvalue weighted by molar-refractivity contribution is 0.791. The molecule has 20 heavy (non-hydrogen) atoms. The Hall–Kier alpha value is -1.94. The van der Waals surface area contributed by atoms with E-state index in [1.54, 1.807) is 24.1 Å². The Kier molecular flexibility index (Phi) is 3.40. The van der Waals surface area contributed by atoms with Gasteiger partial charge in [-0.3, -0.25) is 9.98 Å². The molecule has 4 nitrogen and oxygen atoms in total. The maximum Gasteiger partial charge on any atom is 0.152 e. The van der Waals surface area contributed by atoms with Crippen molar-refractivity contribution in [1.29, 1.82) is 0 Å². The van der Waals surface area contributed by atoms with Crippen molar-refractivity contribution in [2.45, 2.75) is 18.3 Å². The van der Waals surface area contributed by atoms with Crippen LogP contribution in [0.25, 0.3) is 6.20 Å². The fraction of sp³-hybridized carbons (Fsp3) is 0.267. The molecule has 1 fully saturated rings. The highest BCUT2D eigenvalue weighted by atomic mass is 35.5. The molecule has 0 aliphatic heterocycles. The fourth-order valence-electron chi connectivity index (χ4n) is 2.64. The van der Waals surface area contributed by atoms with Gasteiger partial charge in [0.25, 0.3) is 0 Å². The van der Waals surface area contributed by atoms with E-state index in [0.717, 1.165) is 17.5 Å². The molecule has 0 spiro atoms. The van der Waals surface area contributed by atoms with E-state index in [9.17, 15) is 0 Å². The van der Waals surface area contributed by atoms with Crippen LogP contribution in [-0.2, 0) is 0 Å². The van der Waals surface area contributed by atoms with Gasteiger partial charge in [-0.1, -0.05) is 24.2 Å².